The summed E-state index contributed by atoms with van der Waals surface area (Å²) in [6.07, 6.45) is 7.58. The minimum atomic E-state index is 0.275. The summed E-state index contributed by atoms with van der Waals surface area (Å²) < 4.78 is 5.87. The van der Waals surface area contributed by atoms with Gasteiger partial charge in [-0.2, -0.15) is 0 Å². The molecule has 0 amide bonds. The maximum absolute atomic E-state index is 6.48. The monoisotopic (exact) mass is 558 g/mol. The molecule has 0 fully saturated rings. The van der Waals surface area contributed by atoms with E-state index in [4.69, 9.17) is 39.5 Å². The SMILES string of the molecule is Clc1ccc(COc2ccc(C=Nc3ccc([C@@H]4Nc5ccccc5[C@H]5C=CC[C@H]54)cc3)cc2Cl)c(Cl)c1. The lowest BCUT2D eigenvalue weighted by molar-refractivity contribution is 0.306. The number of benzene rings is 4. The number of anilines is 1. The summed E-state index contributed by atoms with van der Waals surface area (Å²) in [5.74, 6) is 1.58. The van der Waals surface area contributed by atoms with Crippen molar-refractivity contribution in [2.24, 2.45) is 10.9 Å². The Labute approximate surface area is 237 Å². The van der Waals surface area contributed by atoms with Crippen LogP contribution in [0.4, 0.5) is 11.4 Å². The van der Waals surface area contributed by atoms with Gasteiger partial charge in [-0.3, -0.25) is 4.99 Å². The van der Waals surface area contributed by atoms with Gasteiger partial charge >= 0.3 is 0 Å². The van der Waals surface area contributed by atoms with Crippen LogP contribution in [0.25, 0.3) is 0 Å². The van der Waals surface area contributed by atoms with Crippen LogP contribution in [0.1, 0.15) is 40.6 Å². The minimum Gasteiger partial charge on any atom is -0.487 e. The van der Waals surface area contributed by atoms with Crippen molar-refractivity contribution in [1.82, 2.24) is 0 Å². The highest BCUT2D eigenvalue weighted by Crippen LogP contribution is 2.49. The standard InChI is InChI=1S/C32H25Cl3N2O/c33-23-12-9-22(28(34)17-23)19-38-31-15-8-20(16-29(31)35)18-36-24-13-10-21(11-14-24)32-27-6-3-5-25(27)26-4-1-2-7-30(26)37-32/h1-5,7-18,25,27,32,37H,6,19H2/t25-,27-,32+/m1/s1. The Hall–Kier alpha value is -3.24. The summed E-state index contributed by atoms with van der Waals surface area (Å²) in [6.45, 7) is 0.300. The van der Waals surface area contributed by atoms with E-state index in [9.17, 15) is 0 Å². The van der Waals surface area contributed by atoms with Gasteiger partial charge < -0.3 is 10.1 Å². The molecule has 1 aliphatic heterocycles. The van der Waals surface area contributed by atoms with Crippen LogP contribution < -0.4 is 10.1 Å². The zero-order valence-electron chi connectivity index (χ0n) is 20.5. The maximum atomic E-state index is 6.48. The zero-order chi connectivity index (χ0) is 26.1. The van der Waals surface area contributed by atoms with Gasteiger partial charge in [-0.15, -0.1) is 0 Å². The molecule has 190 valence electrons. The molecule has 4 aromatic carbocycles. The van der Waals surface area contributed by atoms with Crippen LogP contribution in [0.15, 0.2) is 102 Å². The van der Waals surface area contributed by atoms with E-state index in [1.54, 1.807) is 12.1 Å². The molecular formula is C32H25Cl3N2O. The molecule has 2 aliphatic rings. The number of allylic oxidation sites excluding steroid dienone is 2. The van der Waals surface area contributed by atoms with Crippen LogP contribution in [0.2, 0.25) is 15.1 Å². The van der Waals surface area contributed by atoms with Crippen molar-refractivity contribution in [3.63, 3.8) is 0 Å². The quantitative estimate of drug-likeness (QED) is 0.188. The van der Waals surface area contributed by atoms with Crippen LogP contribution in [0.5, 0.6) is 5.75 Å². The normalized spacial score (nSPS) is 19.7. The van der Waals surface area contributed by atoms with Gasteiger partial charge in [-0.1, -0.05) is 83.4 Å². The van der Waals surface area contributed by atoms with E-state index in [1.807, 2.05) is 30.5 Å². The van der Waals surface area contributed by atoms with Gasteiger partial charge in [0.2, 0.25) is 0 Å². The van der Waals surface area contributed by atoms with Crippen molar-refractivity contribution < 1.29 is 4.74 Å². The lowest BCUT2D eigenvalue weighted by atomic mass is 9.77. The van der Waals surface area contributed by atoms with Crippen LogP contribution in [-0.4, -0.2) is 6.21 Å². The number of nitrogens with zero attached hydrogens (tertiary/aromatic N) is 1. The van der Waals surface area contributed by atoms with Gasteiger partial charge in [0.1, 0.15) is 12.4 Å². The first-order chi connectivity index (χ1) is 18.5. The van der Waals surface area contributed by atoms with E-state index in [1.165, 1.54) is 16.8 Å². The summed E-state index contributed by atoms with van der Waals surface area (Å²) >= 11 is 18.7. The molecule has 0 saturated carbocycles. The third-order valence-corrected chi connectivity index (χ3v) is 8.12. The Bertz CT molecular complexity index is 1530. The highest BCUT2D eigenvalue weighted by molar-refractivity contribution is 6.35. The largest absolute Gasteiger partial charge is 0.487 e. The van der Waals surface area contributed by atoms with E-state index in [-0.39, 0.29) is 6.04 Å². The van der Waals surface area contributed by atoms with Crippen molar-refractivity contribution >= 4 is 52.4 Å². The third kappa shape index (κ3) is 5.19. The number of hydrogen-bond donors (Lipinski definition) is 1. The minimum absolute atomic E-state index is 0.275. The van der Waals surface area contributed by atoms with E-state index in [0.717, 1.165) is 23.2 Å². The fourth-order valence-corrected chi connectivity index (χ4v) is 6.01. The predicted molar refractivity (Wildman–Crippen MR) is 159 cm³/mol. The molecule has 1 N–H and O–H groups in total. The number of halogens is 3. The molecule has 6 rings (SSSR count). The second-order valence-electron chi connectivity index (χ2n) is 9.63. The third-order valence-electron chi connectivity index (χ3n) is 7.24. The molecule has 3 atom stereocenters. The van der Waals surface area contributed by atoms with E-state index < -0.39 is 0 Å². The van der Waals surface area contributed by atoms with E-state index in [0.29, 0.717) is 39.3 Å². The summed E-state index contributed by atoms with van der Waals surface area (Å²) in [6, 6.07) is 28.4. The van der Waals surface area contributed by atoms with Crippen molar-refractivity contribution in [2.75, 3.05) is 5.32 Å². The molecule has 0 saturated heterocycles. The van der Waals surface area contributed by atoms with E-state index in [2.05, 4.69) is 71.0 Å². The fraction of sp³-hybridized carbons (Fsp3) is 0.156. The highest BCUT2D eigenvalue weighted by atomic mass is 35.5. The number of rotatable bonds is 6. The number of aliphatic imine (C=N–C) groups is 1. The maximum Gasteiger partial charge on any atom is 0.138 e. The Kier molecular flexibility index (Phi) is 7.16. The molecule has 1 heterocycles. The Morgan fingerprint density at radius 3 is 2.55 bits per heavy atom. The molecule has 3 nitrogen and oxygen atoms in total. The molecule has 38 heavy (non-hydrogen) atoms. The summed E-state index contributed by atoms with van der Waals surface area (Å²) in [5.41, 5.74) is 6.53. The Balaban J connectivity index is 1.12. The Morgan fingerprint density at radius 1 is 0.895 bits per heavy atom. The van der Waals surface area contributed by atoms with Gasteiger partial charge in [0.25, 0.3) is 0 Å². The first-order valence-electron chi connectivity index (χ1n) is 12.6. The lowest BCUT2D eigenvalue weighted by Crippen LogP contribution is -2.28. The molecule has 1 aliphatic carbocycles. The summed E-state index contributed by atoms with van der Waals surface area (Å²) in [7, 11) is 0. The molecule has 0 radical (unpaired) electrons. The zero-order valence-corrected chi connectivity index (χ0v) is 22.7. The number of hydrogen-bond acceptors (Lipinski definition) is 3. The van der Waals surface area contributed by atoms with Gasteiger partial charge in [0, 0.05) is 33.4 Å². The highest BCUT2D eigenvalue weighted by Gasteiger charge is 2.37. The number of fused-ring (bicyclic) bond motifs is 3. The van der Waals surface area contributed by atoms with Crippen molar-refractivity contribution in [2.45, 2.75) is 25.0 Å². The molecule has 0 unspecified atom stereocenters. The molecule has 0 bridgehead atoms. The average Bonchev–Trinajstić information content (AvgIpc) is 3.43. The van der Waals surface area contributed by atoms with Gasteiger partial charge in [0.05, 0.1) is 16.8 Å². The van der Waals surface area contributed by atoms with Gasteiger partial charge in [-0.25, -0.2) is 0 Å². The Morgan fingerprint density at radius 2 is 1.74 bits per heavy atom. The summed E-state index contributed by atoms with van der Waals surface area (Å²) in [4.78, 5) is 4.66. The second-order valence-corrected chi connectivity index (χ2v) is 10.9. The van der Waals surface area contributed by atoms with Gasteiger partial charge in [-0.05, 0) is 77.6 Å². The molecule has 0 spiro atoms. The van der Waals surface area contributed by atoms with Crippen LogP contribution >= 0.6 is 34.8 Å². The molecule has 0 aromatic heterocycles. The van der Waals surface area contributed by atoms with Crippen molar-refractivity contribution in [3.8, 4) is 5.75 Å². The van der Waals surface area contributed by atoms with Crippen LogP contribution in [0, 0.1) is 5.92 Å². The first-order valence-corrected chi connectivity index (χ1v) is 13.7. The van der Waals surface area contributed by atoms with Gasteiger partial charge in [0.15, 0.2) is 0 Å². The summed E-state index contributed by atoms with van der Waals surface area (Å²) in [5, 5.41) is 5.44. The van der Waals surface area contributed by atoms with Crippen molar-refractivity contribution in [1.29, 1.82) is 0 Å². The van der Waals surface area contributed by atoms with Crippen LogP contribution in [0.3, 0.4) is 0 Å². The molecule has 6 heteroatoms. The fourth-order valence-electron chi connectivity index (χ4n) is 5.30. The average molecular weight is 560 g/mol. The van der Waals surface area contributed by atoms with E-state index >= 15 is 0 Å². The first kappa shape index (κ1) is 25.1. The topological polar surface area (TPSA) is 33.6 Å². The molecule has 4 aromatic rings. The smallest absolute Gasteiger partial charge is 0.138 e. The lowest BCUT2D eigenvalue weighted by Gasteiger charge is -2.37. The molecular weight excluding hydrogens is 535 g/mol. The van der Waals surface area contributed by atoms with Crippen LogP contribution in [-0.2, 0) is 6.61 Å². The number of nitrogens with one attached hydrogen (secondary N) is 1. The number of ether oxygens (including phenoxy) is 1. The predicted octanol–water partition coefficient (Wildman–Crippen LogP) is 9.80. The number of para-hydroxylation sites is 1. The van der Waals surface area contributed by atoms with Crippen molar-refractivity contribution in [3.05, 3.63) is 134 Å². The second kappa shape index (κ2) is 10.9.